The number of aliphatic carboxylic acids is 1. The monoisotopic (exact) mass is 208 g/mol. The minimum atomic E-state index is -0.864. The second kappa shape index (κ2) is 3.46. The summed E-state index contributed by atoms with van der Waals surface area (Å²) >= 11 is 0. The predicted molar refractivity (Wildman–Crippen MR) is 53.1 cm³/mol. The van der Waals surface area contributed by atoms with E-state index in [9.17, 15) is 9.90 Å². The van der Waals surface area contributed by atoms with E-state index < -0.39 is 11.9 Å². The Kier molecular flexibility index (Phi) is 2.26. The second-order valence-electron chi connectivity index (χ2n) is 3.77. The third-order valence-electron chi connectivity index (χ3n) is 2.82. The highest BCUT2D eigenvalue weighted by Gasteiger charge is 2.32. The number of rotatable bonds is 1. The fraction of sp³-hybridized carbons (Fsp3) is 0.364. The van der Waals surface area contributed by atoms with E-state index in [1.54, 1.807) is 12.1 Å². The van der Waals surface area contributed by atoms with Gasteiger partial charge in [0.15, 0.2) is 0 Å². The fourth-order valence-electron chi connectivity index (χ4n) is 1.85. The van der Waals surface area contributed by atoms with Gasteiger partial charge in [-0.15, -0.1) is 0 Å². The fourth-order valence-corrected chi connectivity index (χ4v) is 1.85. The van der Waals surface area contributed by atoms with Crippen LogP contribution in [0, 0.1) is 5.92 Å². The summed E-state index contributed by atoms with van der Waals surface area (Å²) in [5, 5.41) is 18.3. The van der Waals surface area contributed by atoms with Crippen molar-refractivity contribution in [2.45, 2.75) is 12.8 Å². The summed E-state index contributed by atoms with van der Waals surface area (Å²) in [4.78, 5) is 10.9. The molecule has 1 aromatic rings. The maximum Gasteiger partial charge on any atom is 0.310 e. The van der Waals surface area contributed by atoms with Crippen LogP contribution in [0.1, 0.15) is 18.4 Å². The zero-order valence-corrected chi connectivity index (χ0v) is 8.30. The van der Waals surface area contributed by atoms with Crippen molar-refractivity contribution in [2.24, 2.45) is 5.92 Å². The summed E-state index contributed by atoms with van der Waals surface area (Å²) in [7, 11) is 0. The van der Waals surface area contributed by atoms with Crippen molar-refractivity contribution in [3.63, 3.8) is 0 Å². The first-order chi connectivity index (χ1) is 7.09. The number of benzene rings is 1. The number of phenolic OH excluding ortho intramolecular Hbond substituents is 1. The zero-order chi connectivity index (χ0) is 11.0. The van der Waals surface area contributed by atoms with Crippen LogP contribution < -0.4 is 4.74 Å². The van der Waals surface area contributed by atoms with Gasteiger partial charge in [0.25, 0.3) is 0 Å². The lowest BCUT2D eigenvalue weighted by Crippen LogP contribution is -2.30. The van der Waals surface area contributed by atoms with E-state index in [2.05, 4.69) is 0 Å². The topological polar surface area (TPSA) is 66.8 Å². The summed E-state index contributed by atoms with van der Waals surface area (Å²) in [6.45, 7) is 2.02. The Labute approximate surface area is 87.1 Å². The van der Waals surface area contributed by atoms with Gasteiger partial charge in [0, 0.05) is 11.5 Å². The van der Waals surface area contributed by atoms with Crippen LogP contribution in [0.25, 0.3) is 0 Å². The van der Waals surface area contributed by atoms with Crippen molar-refractivity contribution in [1.82, 2.24) is 0 Å². The van der Waals surface area contributed by atoms with E-state index in [-0.39, 0.29) is 18.3 Å². The minimum Gasteiger partial charge on any atom is -0.508 e. The first-order valence-corrected chi connectivity index (χ1v) is 4.78. The molecule has 80 valence electrons. The Bertz CT molecular complexity index is 400. The lowest BCUT2D eigenvalue weighted by molar-refractivity contribution is -0.144. The van der Waals surface area contributed by atoms with Gasteiger partial charge in [0.1, 0.15) is 18.1 Å². The van der Waals surface area contributed by atoms with Gasteiger partial charge < -0.3 is 14.9 Å². The summed E-state index contributed by atoms with van der Waals surface area (Å²) in [6, 6.07) is 4.76. The largest absolute Gasteiger partial charge is 0.508 e. The molecule has 0 saturated heterocycles. The average molecular weight is 208 g/mol. The maximum atomic E-state index is 10.9. The van der Waals surface area contributed by atoms with Gasteiger partial charge in [-0.05, 0) is 18.2 Å². The molecule has 2 rings (SSSR count). The Balaban J connectivity index is 2.40. The number of carboxylic acids is 1. The van der Waals surface area contributed by atoms with Gasteiger partial charge >= 0.3 is 5.97 Å². The molecule has 0 radical (unpaired) electrons. The van der Waals surface area contributed by atoms with E-state index in [1.807, 2.05) is 6.92 Å². The van der Waals surface area contributed by atoms with Crippen molar-refractivity contribution >= 4 is 5.97 Å². The van der Waals surface area contributed by atoms with Gasteiger partial charge in [-0.3, -0.25) is 4.79 Å². The molecular weight excluding hydrogens is 196 g/mol. The third kappa shape index (κ3) is 1.63. The van der Waals surface area contributed by atoms with Crippen LogP contribution in [0.15, 0.2) is 18.2 Å². The summed E-state index contributed by atoms with van der Waals surface area (Å²) in [5.41, 5.74) is 0.758. The summed E-state index contributed by atoms with van der Waals surface area (Å²) < 4.78 is 5.33. The van der Waals surface area contributed by atoms with Crippen LogP contribution in [0.4, 0.5) is 0 Å². The number of hydrogen-bond donors (Lipinski definition) is 2. The highest BCUT2D eigenvalue weighted by molar-refractivity contribution is 5.72. The first-order valence-electron chi connectivity index (χ1n) is 4.78. The predicted octanol–water partition coefficient (Wildman–Crippen LogP) is 1.59. The highest BCUT2D eigenvalue weighted by atomic mass is 16.5. The molecule has 4 heteroatoms. The molecule has 1 aliphatic rings. The van der Waals surface area contributed by atoms with Gasteiger partial charge in [0.05, 0.1) is 5.92 Å². The highest BCUT2D eigenvalue weighted by Crippen LogP contribution is 2.38. The van der Waals surface area contributed by atoms with Crippen molar-refractivity contribution in [1.29, 1.82) is 0 Å². The van der Waals surface area contributed by atoms with Crippen LogP contribution in [0.2, 0.25) is 0 Å². The van der Waals surface area contributed by atoms with Gasteiger partial charge in [0.2, 0.25) is 0 Å². The Morgan fingerprint density at radius 3 is 2.93 bits per heavy atom. The SMILES string of the molecule is CC1c2cc(O)ccc2OCC1C(=O)O. The molecule has 2 atom stereocenters. The van der Waals surface area contributed by atoms with Crippen LogP contribution in [-0.2, 0) is 4.79 Å². The first kappa shape index (κ1) is 9.83. The molecule has 4 nitrogen and oxygen atoms in total. The van der Waals surface area contributed by atoms with Gasteiger partial charge in [-0.2, -0.15) is 0 Å². The average Bonchev–Trinajstić information content (AvgIpc) is 2.19. The third-order valence-corrected chi connectivity index (χ3v) is 2.82. The molecular formula is C11H12O4. The molecule has 15 heavy (non-hydrogen) atoms. The van der Waals surface area contributed by atoms with Crippen molar-refractivity contribution in [3.8, 4) is 11.5 Å². The Hall–Kier alpha value is -1.71. The van der Waals surface area contributed by atoms with Gasteiger partial charge in [-0.25, -0.2) is 0 Å². The molecule has 1 aliphatic heterocycles. The molecule has 1 aromatic carbocycles. The number of hydrogen-bond acceptors (Lipinski definition) is 3. The molecule has 0 bridgehead atoms. The van der Waals surface area contributed by atoms with Crippen LogP contribution >= 0.6 is 0 Å². The summed E-state index contributed by atoms with van der Waals surface area (Å²) in [5.74, 6) is -0.748. The van der Waals surface area contributed by atoms with E-state index >= 15 is 0 Å². The molecule has 0 aliphatic carbocycles. The van der Waals surface area contributed by atoms with E-state index in [1.165, 1.54) is 6.07 Å². The molecule has 2 unspecified atom stereocenters. The van der Waals surface area contributed by atoms with Crippen LogP contribution in [0.3, 0.4) is 0 Å². The quantitative estimate of drug-likeness (QED) is 0.735. The normalized spacial score (nSPS) is 24.1. The molecule has 0 spiro atoms. The van der Waals surface area contributed by atoms with Gasteiger partial charge in [-0.1, -0.05) is 6.92 Å². The van der Waals surface area contributed by atoms with E-state index in [0.29, 0.717) is 5.75 Å². The zero-order valence-electron chi connectivity index (χ0n) is 8.30. The molecule has 0 aromatic heterocycles. The van der Waals surface area contributed by atoms with Crippen molar-refractivity contribution in [3.05, 3.63) is 23.8 Å². The van der Waals surface area contributed by atoms with Crippen molar-refractivity contribution in [2.75, 3.05) is 6.61 Å². The molecule has 0 amide bonds. The number of phenols is 1. The van der Waals surface area contributed by atoms with E-state index in [4.69, 9.17) is 9.84 Å². The lowest BCUT2D eigenvalue weighted by atomic mass is 9.85. The Morgan fingerprint density at radius 1 is 1.53 bits per heavy atom. The smallest absolute Gasteiger partial charge is 0.310 e. The van der Waals surface area contributed by atoms with Crippen LogP contribution in [-0.4, -0.2) is 22.8 Å². The Morgan fingerprint density at radius 2 is 2.27 bits per heavy atom. The molecule has 1 heterocycles. The second-order valence-corrected chi connectivity index (χ2v) is 3.77. The molecule has 2 N–H and O–H groups in total. The number of fused-ring (bicyclic) bond motifs is 1. The standard InChI is InChI=1S/C11H12O4/c1-6-8-4-7(12)2-3-10(8)15-5-9(6)11(13)14/h2-4,6,9,12H,5H2,1H3,(H,13,14). The van der Waals surface area contributed by atoms with Crippen LogP contribution in [0.5, 0.6) is 11.5 Å². The minimum absolute atomic E-state index is 0.134. The number of carbonyl (C=O) groups is 1. The lowest BCUT2D eigenvalue weighted by Gasteiger charge is -2.28. The van der Waals surface area contributed by atoms with E-state index in [0.717, 1.165) is 5.56 Å². The maximum absolute atomic E-state index is 10.9. The number of aromatic hydroxyl groups is 1. The molecule has 0 fully saturated rings. The van der Waals surface area contributed by atoms with Crippen molar-refractivity contribution < 1.29 is 19.7 Å². The number of ether oxygens (including phenoxy) is 1. The number of carboxylic acid groups (broad SMARTS) is 1. The summed E-state index contributed by atoms with van der Waals surface area (Å²) in [6.07, 6.45) is 0. The molecule has 0 saturated carbocycles.